The van der Waals surface area contributed by atoms with E-state index < -0.39 is 6.04 Å². The lowest BCUT2D eigenvalue weighted by atomic mass is 9.86. The predicted octanol–water partition coefficient (Wildman–Crippen LogP) is 3.59. The molecule has 0 amide bonds. The van der Waals surface area contributed by atoms with Crippen LogP contribution in [0.2, 0.25) is 0 Å². The first kappa shape index (κ1) is 16.7. The van der Waals surface area contributed by atoms with Crippen LogP contribution >= 0.6 is 0 Å². The molecule has 2 atom stereocenters. The number of methoxy groups -OCH3 is 1. The minimum absolute atomic E-state index is 0.115. The van der Waals surface area contributed by atoms with Crippen LogP contribution in [-0.2, 0) is 14.9 Å². The third-order valence-electron chi connectivity index (χ3n) is 3.61. The lowest BCUT2D eigenvalue weighted by Crippen LogP contribution is -2.35. The van der Waals surface area contributed by atoms with Crippen molar-refractivity contribution in [1.29, 1.82) is 0 Å². The monoisotopic (exact) mass is 277 g/mol. The van der Waals surface area contributed by atoms with E-state index in [1.54, 1.807) is 0 Å². The zero-order valence-electron chi connectivity index (χ0n) is 13.5. The van der Waals surface area contributed by atoms with Gasteiger partial charge in [-0.2, -0.15) is 0 Å². The summed E-state index contributed by atoms with van der Waals surface area (Å²) in [5.41, 5.74) is 2.32. The molecule has 0 saturated heterocycles. The third-order valence-corrected chi connectivity index (χ3v) is 3.61. The van der Waals surface area contributed by atoms with Crippen LogP contribution in [0.25, 0.3) is 0 Å². The SMILES string of the molecule is CCC(C)NC(C(=O)OC)c1ccc(C(C)(C)C)cc1. The summed E-state index contributed by atoms with van der Waals surface area (Å²) in [5, 5.41) is 3.32. The number of ether oxygens (including phenoxy) is 1. The van der Waals surface area contributed by atoms with Gasteiger partial charge in [-0.3, -0.25) is 5.32 Å². The van der Waals surface area contributed by atoms with E-state index in [9.17, 15) is 4.79 Å². The Kier molecular flexibility index (Phi) is 5.75. The van der Waals surface area contributed by atoms with Crippen LogP contribution in [0.3, 0.4) is 0 Å². The van der Waals surface area contributed by atoms with Gasteiger partial charge in [0.25, 0.3) is 0 Å². The van der Waals surface area contributed by atoms with E-state index in [0.717, 1.165) is 12.0 Å². The molecule has 0 aliphatic carbocycles. The molecule has 0 fully saturated rings. The van der Waals surface area contributed by atoms with Gasteiger partial charge in [-0.15, -0.1) is 0 Å². The maximum absolute atomic E-state index is 12.0. The Bertz CT molecular complexity index is 431. The first-order valence-corrected chi connectivity index (χ1v) is 7.24. The molecule has 0 aliphatic rings. The second-order valence-electron chi connectivity index (χ2n) is 6.30. The maximum atomic E-state index is 12.0. The molecule has 0 radical (unpaired) electrons. The number of esters is 1. The van der Waals surface area contributed by atoms with Crippen molar-refractivity contribution in [3.8, 4) is 0 Å². The molecule has 0 spiro atoms. The highest BCUT2D eigenvalue weighted by molar-refractivity contribution is 5.77. The van der Waals surface area contributed by atoms with Crippen LogP contribution < -0.4 is 5.32 Å². The van der Waals surface area contributed by atoms with Crippen molar-refractivity contribution in [2.45, 2.75) is 58.5 Å². The zero-order valence-corrected chi connectivity index (χ0v) is 13.5. The Labute approximate surface area is 122 Å². The average molecular weight is 277 g/mol. The second-order valence-corrected chi connectivity index (χ2v) is 6.30. The maximum Gasteiger partial charge on any atom is 0.327 e. The Morgan fingerprint density at radius 3 is 2.20 bits per heavy atom. The van der Waals surface area contributed by atoms with Crippen molar-refractivity contribution in [3.63, 3.8) is 0 Å². The minimum Gasteiger partial charge on any atom is -0.468 e. The van der Waals surface area contributed by atoms with Crippen LogP contribution in [0.15, 0.2) is 24.3 Å². The molecule has 0 aliphatic heterocycles. The molecule has 0 saturated carbocycles. The number of rotatable bonds is 5. The molecule has 2 unspecified atom stereocenters. The first-order chi connectivity index (χ1) is 9.29. The molecule has 0 aromatic heterocycles. The number of nitrogens with one attached hydrogen (secondary N) is 1. The van der Waals surface area contributed by atoms with E-state index in [0.29, 0.717) is 0 Å². The molecule has 1 aromatic carbocycles. The number of carbonyl (C=O) groups excluding carboxylic acids is 1. The van der Waals surface area contributed by atoms with Gasteiger partial charge in [-0.1, -0.05) is 52.0 Å². The summed E-state index contributed by atoms with van der Waals surface area (Å²) >= 11 is 0. The number of benzene rings is 1. The molecule has 3 heteroatoms. The van der Waals surface area contributed by atoms with Crippen LogP contribution in [0, 0.1) is 0 Å². The van der Waals surface area contributed by atoms with Gasteiger partial charge in [0, 0.05) is 6.04 Å². The first-order valence-electron chi connectivity index (χ1n) is 7.24. The predicted molar refractivity (Wildman–Crippen MR) is 82.8 cm³/mol. The van der Waals surface area contributed by atoms with Crippen LogP contribution in [-0.4, -0.2) is 19.1 Å². The highest BCUT2D eigenvalue weighted by Gasteiger charge is 2.23. The molecule has 3 nitrogen and oxygen atoms in total. The van der Waals surface area contributed by atoms with E-state index in [1.807, 2.05) is 12.1 Å². The van der Waals surface area contributed by atoms with E-state index in [1.165, 1.54) is 12.7 Å². The zero-order chi connectivity index (χ0) is 15.3. The fourth-order valence-corrected chi connectivity index (χ4v) is 2.00. The molecule has 0 bridgehead atoms. The molecule has 1 rings (SSSR count). The second kappa shape index (κ2) is 6.89. The van der Waals surface area contributed by atoms with Gasteiger partial charge in [0.2, 0.25) is 0 Å². The summed E-state index contributed by atoms with van der Waals surface area (Å²) in [6, 6.07) is 8.06. The van der Waals surface area contributed by atoms with Crippen molar-refractivity contribution in [2.75, 3.05) is 7.11 Å². The van der Waals surface area contributed by atoms with E-state index in [4.69, 9.17) is 4.74 Å². The average Bonchev–Trinajstić information content (AvgIpc) is 2.42. The summed E-state index contributed by atoms with van der Waals surface area (Å²) in [4.78, 5) is 12.0. The summed E-state index contributed by atoms with van der Waals surface area (Å²) in [7, 11) is 1.43. The van der Waals surface area contributed by atoms with Gasteiger partial charge >= 0.3 is 5.97 Å². The Morgan fingerprint density at radius 2 is 1.80 bits per heavy atom. The Balaban J connectivity index is 2.99. The smallest absolute Gasteiger partial charge is 0.327 e. The lowest BCUT2D eigenvalue weighted by molar-refractivity contribution is -0.143. The largest absolute Gasteiger partial charge is 0.468 e. The standard InChI is InChI=1S/C17H27NO2/c1-7-12(2)18-15(16(19)20-6)13-8-10-14(11-9-13)17(3,4)5/h8-12,15,18H,7H2,1-6H3. The van der Waals surface area contributed by atoms with E-state index >= 15 is 0 Å². The Hall–Kier alpha value is -1.35. The highest BCUT2D eigenvalue weighted by Crippen LogP contribution is 2.24. The van der Waals surface area contributed by atoms with Crippen LogP contribution in [0.5, 0.6) is 0 Å². The van der Waals surface area contributed by atoms with Crippen molar-refractivity contribution >= 4 is 5.97 Å². The Morgan fingerprint density at radius 1 is 1.25 bits per heavy atom. The minimum atomic E-state index is -0.399. The van der Waals surface area contributed by atoms with Crippen molar-refractivity contribution in [2.24, 2.45) is 0 Å². The molecule has 20 heavy (non-hydrogen) atoms. The molecular formula is C17H27NO2. The molecule has 1 aromatic rings. The third kappa shape index (κ3) is 4.34. The normalized spacial score (nSPS) is 14.7. The fourth-order valence-electron chi connectivity index (χ4n) is 2.00. The topological polar surface area (TPSA) is 38.3 Å². The molecular weight excluding hydrogens is 250 g/mol. The quantitative estimate of drug-likeness (QED) is 0.836. The van der Waals surface area contributed by atoms with Crippen molar-refractivity contribution < 1.29 is 9.53 Å². The van der Waals surface area contributed by atoms with Gasteiger partial charge in [-0.05, 0) is 29.9 Å². The number of hydrogen-bond donors (Lipinski definition) is 1. The van der Waals surface area contributed by atoms with E-state index in [-0.39, 0.29) is 17.4 Å². The highest BCUT2D eigenvalue weighted by atomic mass is 16.5. The van der Waals surface area contributed by atoms with Gasteiger partial charge in [0.1, 0.15) is 6.04 Å². The summed E-state index contributed by atoms with van der Waals surface area (Å²) in [6.07, 6.45) is 0.966. The van der Waals surface area contributed by atoms with Crippen LogP contribution in [0.4, 0.5) is 0 Å². The van der Waals surface area contributed by atoms with E-state index in [2.05, 4.69) is 52.1 Å². The molecule has 0 heterocycles. The summed E-state index contributed by atoms with van der Waals surface area (Å²) in [5.74, 6) is -0.242. The number of carbonyl (C=O) groups is 1. The van der Waals surface area contributed by atoms with Gasteiger partial charge in [0.15, 0.2) is 0 Å². The fraction of sp³-hybridized carbons (Fsp3) is 0.588. The lowest BCUT2D eigenvalue weighted by Gasteiger charge is -2.23. The summed E-state index contributed by atoms with van der Waals surface area (Å²) < 4.78 is 4.91. The van der Waals surface area contributed by atoms with Crippen molar-refractivity contribution in [3.05, 3.63) is 35.4 Å². The van der Waals surface area contributed by atoms with Gasteiger partial charge in [-0.25, -0.2) is 4.79 Å². The van der Waals surface area contributed by atoms with Crippen LogP contribution in [0.1, 0.15) is 58.2 Å². The summed E-state index contributed by atoms with van der Waals surface area (Å²) in [6.45, 7) is 10.7. The van der Waals surface area contributed by atoms with Crippen molar-refractivity contribution in [1.82, 2.24) is 5.32 Å². The van der Waals surface area contributed by atoms with Gasteiger partial charge < -0.3 is 4.74 Å². The molecule has 112 valence electrons. The van der Waals surface area contributed by atoms with Gasteiger partial charge in [0.05, 0.1) is 7.11 Å². The number of hydrogen-bond acceptors (Lipinski definition) is 3. The molecule has 1 N–H and O–H groups in total.